The van der Waals surface area contributed by atoms with Gasteiger partial charge in [-0.1, -0.05) is 18.2 Å². The molecule has 0 aliphatic carbocycles. The van der Waals surface area contributed by atoms with Crippen LogP contribution in [0.1, 0.15) is 29.1 Å². The highest BCUT2D eigenvalue weighted by Gasteiger charge is 2.30. The number of thioether (sulfide) groups is 1. The van der Waals surface area contributed by atoms with Crippen molar-refractivity contribution in [3.63, 3.8) is 0 Å². The molecule has 1 N–H and O–H groups in total. The molecule has 0 saturated carbocycles. The average Bonchev–Trinajstić information content (AvgIpc) is 2.67. The van der Waals surface area contributed by atoms with Crippen LogP contribution >= 0.6 is 11.8 Å². The Bertz CT molecular complexity index is 895. The van der Waals surface area contributed by atoms with Crippen molar-refractivity contribution < 1.29 is 18.0 Å². The molecular formula is C18H19F3N4O2S. The second kappa shape index (κ2) is 8.76. The van der Waals surface area contributed by atoms with Gasteiger partial charge in [0.15, 0.2) is 0 Å². The first kappa shape index (κ1) is 20.4. The quantitative estimate of drug-likeness (QED) is 0.815. The Morgan fingerprint density at radius 3 is 2.64 bits per heavy atom. The van der Waals surface area contributed by atoms with Gasteiger partial charge in [0.1, 0.15) is 11.5 Å². The smallest absolute Gasteiger partial charge is 0.341 e. The number of amides is 1. The van der Waals surface area contributed by atoms with Gasteiger partial charge in [-0.3, -0.25) is 9.59 Å². The number of H-pyrrole nitrogens is 1. The van der Waals surface area contributed by atoms with E-state index in [1.54, 1.807) is 16.7 Å². The molecule has 1 aliphatic heterocycles. The zero-order valence-electron chi connectivity index (χ0n) is 15.0. The fourth-order valence-corrected chi connectivity index (χ4v) is 3.79. The number of benzene rings is 1. The molecule has 0 bridgehead atoms. The number of aryl methyl sites for hydroxylation is 1. The number of rotatable bonds is 5. The van der Waals surface area contributed by atoms with Crippen LogP contribution in [0.4, 0.5) is 13.2 Å². The number of nitrogens with zero attached hydrogens (tertiary/aromatic N) is 3. The summed E-state index contributed by atoms with van der Waals surface area (Å²) in [5, 5.41) is 7.77. The van der Waals surface area contributed by atoms with E-state index in [4.69, 9.17) is 0 Å². The molecule has 150 valence electrons. The maximum Gasteiger partial charge on any atom is 0.416 e. The first-order valence-electron chi connectivity index (χ1n) is 8.79. The van der Waals surface area contributed by atoms with E-state index in [1.807, 2.05) is 0 Å². The van der Waals surface area contributed by atoms with Crippen molar-refractivity contribution in [2.45, 2.75) is 25.4 Å². The minimum absolute atomic E-state index is 0.0189. The van der Waals surface area contributed by atoms with Crippen molar-refractivity contribution >= 4 is 17.7 Å². The molecule has 1 fully saturated rings. The topological polar surface area (TPSA) is 79.0 Å². The number of aromatic nitrogens is 3. The lowest BCUT2D eigenvalue weighted by atomic mass is 10.1. The lowest BCUT2D eigenvalue weighted by molar-refractivity contribution is -0.137. The molecule has 2 aromatic rings. The summed E-state index contributed by atoms with van der Waals surface area (Å²) in [6, 6.07) is 4.84. The fourth-order valence-electron chi connectivity index (χ4n) is 2.88. The van der Waals surface area contributed by atoms with Crippen LogP contribution in [0.5, 0.6) is 0 Å². The summed E-state index contributed by atoms with van der Waals surface area (Å²) in [6.45, 7) is 1.42. The molecule has 0 atom stereocenters. The first-order chi connectivity index (χ1) is 13.3. The van der Waals surface area contributed by atoms with E-state index in [9.17, 15) is 22.8 Å². The average molecular weight is 412 g/mol. The van der Waals surface area contributed by atoms with Gasteiger partial charge in [0.05, 0.1) is 5.56 Å². The lowest BCUT2D eigenvalue weighted by Gasteiger charge is -2.26. The Morgan fingerprint density at radius 1 is 1.21 bits per heavy atom. The molecule has 6 nitrogen and oxygen atoms in total. The van der Waals surface area contributed by atoms with Crippen LogP contribution in [-0.4, -0.2) is 50.6 Å². The molecule has 1 aromatic carbocycles. The Labute approximate surface area is 163 Å². The molecule has 10 heteroatoms. The van der Waals surface area contributed by atoms with Crippen LogP contribution in [0.25, 0.3) is 0 Å². The van der Waals surface area contributed by atoms with E-state index in [-0.39, 0.29) is 36.7 Å². The zero-order chi connectivity index (χ0) is 20.1. The number of halogens is 3. The third kappa shape index (κ3) is 5.34. The van der Waals surface area contributed by atoms with Gasteiger partial charge in [0.2, 0.25) is 5.91 Å². The van der Waals surface area contributed by atoms with E-state index in [2.05, 4.69) is 15.2 Å². The predicted octanol–water partition coefficient (Wildman–Crippen LogP) is 2.28. The molecule has 28 heavy (non-hydrogen) atoms. The van der Waals surface area contributed by atoms with Gasteiger partial charge in [-0.05, 0) is 11.6 Å². The number of hydrogen-bond acceptors (Lipinski definition) is 5. The second-order valence-corrected chi connectivity index (χ2v) is 7.64. The van der Waals surface area contributed by atoms with Crippen LogP contribution < -0.4 is 5.56 Å². The standard InChI is InChI=1S/C18H19F3N4O2S/c19-18(20,21)13-3-1-2-12(10-13)11-15-22-17(27)14(23-24-15)4-5-16(26)25-6-8-28-9-7-25/h1-3,10H,4-9,11H2,(H,22,24,27). The van der Waals surface area contributed by atoms with Crippen LogP contribution in [0.2, 0.25) is 0 Å². The van der Waals surface area contributed by atoms with Crippen molar-refractivity contribution in [3.8, 4) is 0 Å². The molecule has 1 aromatic heterocycles. The molecular weight excluding hydrogens is 393 g/mol. The molecule has 3 rings (SSSR count). The summed E-state index contributed by atoms with van der Waals surface area (Å²) < 4.78 is 38.4. The predicted molar refractivity (Wildman–Crippen MR) is 99.1 cm³/mol. The van der Waals surface area contributed by atoms with Crippen LogP contribution in [-0.2, 0) is 23.8 Å². The van der Waals surface area contributed by atoms with Crippen LogP contribution in [0, 0.1) is 0 Å². The molecule has 1 saturated heterocycles. The summed E-state index contributed by atoms with van der Waals surface area (Å²) in [4.78, 5) is 28.7. The highest BCUT2D eigenvalue weighted by Crippen LogP contribution is 2.29. The third-order valence-corrected chi connectivity index (χ3v) is 5.32. The SMILES string of the molecule is O=C(CCc1nnc(Cc2cccc(C(F)(F)F)c2)[nH]c1=O)N1CCSCC1. The van der Waals surface area contributed by atoms with E-state index in [0.717, 1.165) is 23.6 Å². The summed E-state index contributed by atoms with van der Waals surface area (Å²) in [7, 11) is 0. The number of aromatic amines is 1. The number of hydrogen-bond donors (Lipinski definition) is 1. The molecule has 0 radical (unpaired) electrons. The molecule has 0 unspecified atom stereocenters. The Kier molecular flexibility index (Phi) is 6.38. The van der Waals surface area contributed by atoms with Crippen molar-refractivity contribution in [2.24, 2.45) is 0 Å². The van der Waals surface area contributed by atoms with E-state index < -0.39 is 17.3 Å². The maximum absolute atomic E-state index is 12.8. The fraction of sp³-hybridized carbons (Fsp3) is 0.444. The summed E-state index contributed by atoms with van der Waals surface area (Å²) in [5.41, 5.74) is -0.719. The molecule has 1 aliphatic rings. The largest absolute Gasteiger partial charge is 0.416 e. The summed E-state index contributed by atoms with van der Waals surface area (Å²) in [5.74, 6) is 1.98. The lowest BCUT2D eigenvalue weighted by Crippen LogP contribution is -2.38. The van der Waals surface area contributed by atoms with Gasteiger partial charge in [-0.25, -0.2) is 0 Å². The number of alkyl halides is 3. The normalized spacial score (nSPS) is 14.9. The Morgan fingerprint density at radius 2 is 1.96 bits per heavy atom. The maximum atomic E-state index is 12.8. The third-order valence-electron chi connectivity index (χ3n) is 4.38. The monoisotopic (exact) mass is 412 g/mol. The van der Waals surface area contributed by atoms with E-state index in [1.165, 1.54) is 12.1 Å². The first-order valence-corrected chi connectivity index (χ1v) is 9.95. The molecule has 2 heterocycles. The summed E-state index contributed by atoms with van der Waals surface area (Å²) >= 11 is 1.80. The Hall–Kier alpha value is -2.36. The van der Waals surface area contributed by atoms with Gasteiger partial charge in [0, 0.05) is 43.9 Å². The van der Waals surface area contributed by atoms with Crippen molar-refractivity contribution in [1.82, 2.24) is 20.1 Å². The minimum atomic E-state index is -4.43. The number of nitrogens with one attached hydrogen (secondary N) is 1. The molecule has 1 amide bonds. The van der Waals surface area contributed by atoms with Gasteiger partial charge < -0.3 is 9.88 Å². The van der Waals surface area contributed by atoms with Gasteiger partial charge >= 0.3 is 6.18 Å². The number of carbonyl (C=O) groups is 1. The highest BCUT2D eigenvalue weighted by molar-refractivity contribution is 7.99. The zero-order valence-corrected chi connectivity index (χ0v) is 15.8. The van der Waals surface area contributed by atoms with Crippen LogP contribution in [0.3, 0.4) is 0 Å². The van der Waals surface area contributed by atoms with E-state index >= 15 is 0 Å². The molecule has 0 spiro atoms. The van der Waals surface area contributed by atoms with Gasteiger partial charge in [-0.2, -0.15) is 24.9 Å². The van der Waals surface area contributed by atoms with Crippen molar-refractivity contribution in [3.05, 3.63) is 57.3 Å². The minimum Gasteiger partial charge on any atom is -0.341 e. The van der Waals surface area contributed by atoms with Gasteiger partial charge in [-0.15, -0.1) is 10.2 Å². The van der Waals surface area contributed by atoms with Gasteiger partial charge in [0.25, 0.3) is 5.56 Å². The van der Waals surface area contributed by atoms with Crippen LogP contribution in [0.15, 0.2) is 29.1 Å². The second-order valence-electron chi connectivity index (χ2n) is 6.42. The summed E-state index contributed by atoms with van der Waals surface area (Å²) in [6.07, 6.45) is -4.06. The van der Waals surface area contributed by atoms with Crippen molar-refractivity contribution in [1.29, 1.82) is 0 Å². The number of carbonyl (C=O) groups excluding carboxylic acids is 1. The van der Waals surface area contributed by atoms with Crippen molar-refractivity contribution in [2.75, 3.05) is 24.6 Å². The Balaban J connectivity index is 1.62. The highest BCUT2D eigenvalue weighted by atomic mass is 32.2. The van der Waals surface area contributed by atoms with E-state index in [0.29, 0.717) is 18.7 Å².